The second-order valence-corrected chi connectivity index (χ2v) is 4.79. The maximum atomic E-state index is 5.94. The molecule has 13 heavy (non-hydrogen) atoms. The van der Waals surface area contributed by atoms with E-state index in [-0.39, 0.29) is 0 Å². The lowest BCUT2D eigenvalue weighted by molar-refractivity contribution is 0.149. The van der Waals surface area contributed by atoms with Crippen molar-refractivity contribution in [1.82, 2.24) is 0 Å². The van der Waals surface area contributed by atoms with Crippen molar-refractivity contribution in [2.45, 2.75) is 71.3 Å². The summed E-state index contributed by atoms with van der Waals surface area (Å²) in [4.78, 5) is 0. The molecular formula is C12H25N. The van der Waals surface area contributed by atoms with Gasteiger partial charge in [-0.25, -0.2) is 0 Å². The highest BCUT2D eigenvalue weighted by Crippen LogP contribution is 2.42. The molecule has 0 radical (unpaired) electrons. The molecule has 0 heterocycles. The highest BCUT2D eigenvalue weighted by molar-refractivity contribution is 4.85. The fraction of sp³-hybridized carbons (Fsp3) is 1.00. The van der Waals surface area contributed by atoms with Crippen LogP contribution >= 0.6 is 0 Å². The molecule has 2 N–H and O–H groups in total. The maximum Gasteiger partial charge on any atom is 0.00392 e. The van der Waals surface area contributed by atoms with Gasteiger partial charge in [0.1, 0.15) is 0 Å². The Kier molecular flexibility index (Phi) is 4.24. The quantitative estimate of drug-likeness (QED) is 0.709. The summed E-state index contributed by atoms with van der Waals surface area (Å²) in [5, 5.41) is 0. The Morgan fingerprint density at radius 1 is 1.23 bits per heavy atom. The van der Waals surface area contributed by atoms with Gasteiger partial charge in [0, 0.05) is 6.04 Å². The topological polar surface area (TPSA) is 26.0 Å². The molecule has 0 atom stereocenters. The first kappa shape index (κ1) is 11.0. The first-order valence-corrected chi connectivity index (χ1v) is 5.98. The minimum Gasteiger partial charge on any atom is -0.328 e. The van der Waals surface area contributed by atoms with Gasteiger partial charge in [-0.1, -0.05) is 33.1 Å². The van der Waals surface area contributed by atoms with E-state index in [0.717, 1.165) is 0 Å². The van der Waals surface area contributed by atoms with Gasteiger partial charge in [0.15, 0.2) is 0 Å². The van der Waals surface area contributed by atoms with Gasteiger partial charge in [0.2, 0.25) is 0 Å². The zero-order valence-electron chi connectivity index (χ0n) is 9.31. The zero-order chi connectivity index (χ0) is 9.73. The second kappa shape index (κ2) is 4.99. The predicted octanol–water partition coefficient (Wildman–Crippen LogP) is 3.47. The van der Waals surface area contributed by atoms with Crippen LogP contribution < -0.4 is 5.73 Å². The molecule has 0 aromatic carbocycles. The van der Waals surface area contributed by atoms with E-state index in [1.807, 2.05) is 0 Å². The standard InChI is InChI=1S/C12H25N/c1-3-5-8-12(4-2)9-6-11(13)7-10-12/h11H,3-10,13H2,1-2H3. The summed E-state index contributed by atoms with van der Waals surface area (Å²) in [5.74, 6) is 0. The van der Waals surface area contributed by atoms with E-state index in [2.05, 4.69) is 13.8 Å². The molecule has 1 aliphatic rings. The summed E-state index contributed by atoms with van der Waals surface area (Å²) in [6.45, 7) is 4.64. The number of hydrogen-bond acceptors (Lipinski definition) is 1. The minimum atomic E-state index is 0.501. The Balaban J connectivity index is 2.40. The summed E-state index contributed by atoms with van der Waals surface area (Å²) in [6.07, 6.45) is 10.8. The Morgan fingerprint density at radius 3 is 2.31 bits per heavy atom. The van der Waals surface area contributed by atoms with E-state index in [9.17, 15) is 0 Å². The Morgan fingerprint density at radius 2 is 1.85 bits per heavy atom. The van der Waals surface area contributed by atoms with Crippen LogP contribution in [0.3, 0.4) is 0 Å². The van der Waals surface area contributed by atoms with Crippen LogP contribution in [0.5, 0.6) is 0 Å². The SMILES string of the molecule is CCCCC1(CC)CCC(N)CC1. The average molecular weight is 183 g/mol. The van der Waals surface area contributed by atoms with E-state index in [1.165, 1.54) is 51.4 Å². The number of unbranched alkanes of at least 4 members (excludes halogenated alkanes) is 1. The van der Waals surface area contributed by atoms with Crippen molar-refractivity contribution in [2.75, 3.05) is 0 Å². The van der Waals surface area contributed by atoms with Gasteiger partial charge in [0.25, 0.3) is 0 Å². The summed E-state index contributed by atoms with van der Waals surface area (Å²) in [5.41, 5.74) is 6.61. The van der Waals surface area contributed by atoms with Gasteiger partial charge in [-0.3, -0.25) is 0 Å². The van der Waals surface area contributed by atoms with E-state index in [0.29, 0.717) is 11.5 Å². The summed E-state index contributed by atoms with van der Waals surface area (Å²) in [7, 11) is 0. The Bertz CT molecular complexity index is 129. The van der Waals surface area contributed by atoms with Gasteiger partial charge in [-0.2, -0.15) is 0 Å². The average Bonchev–Trinajstić information content (AvgIpc) is 2.18. The van der Waals surface area contributed by atoms with Crippen molar-refractivity contribution < 1.29 is 0 Å². The van der Waals surface area contributed by atoms with Crippen molar-refractivity contribution in [3.63, 3.8) is 0 Å². The van der Waals surface area contributed by atoms with Gasteiger partial charge in [-0.05, 0) is 37.5 Å². The van der Waals surface area contributed by atoms with Crippen LogP contribution in [0.15, 0.2) is 0 Å². The van der Waals surface area contributed by atoms with E-state index in [4.69, 9.17) is 5.73 Å². The molecule has 0 unspecified atom stereocenters. The van der Waals surface area contributed by atoms with Gasteiger partial charge in [-0.15, -0.1) is 0 Å². The van der Waals surface area contributed by atoms with Crippen LogP contribution in [0.1, 0.15) is 65.2 Å². The van der Waals surface area contributed by atoms with Crippen molar-refractivity contribution in [2.24, 2.45) is 11.1 Å². The lowest BCUT2D eigenvalue weighted by Crippen LogP contribution is -2.33. The molecule has 0 aromatic heterocycles. The van der Waals surface area contributed by atoms with Crippen LogP contribution in [-0.4, -0.2) is 6.04 Å². The fourth-order valence-corrected chi connectivity index (χ4v) is 2.58. The highest BCUT2D eigenvalue weighted by atomic mass is 14.6. The van der Waals surface area contributed by atoms with Gasteiger partial charge >= 0.3 is 0 Å². The van der Waals surface area contributed by atoms with Gasteiger partial charge < -0.3 is 5.73 Å². The molecule has 0 bridgehead atoms. The lowest BCUT2D eigenvalue weighted by Gasteiger charge is -2.39. The molecular weight excluding hydrogens is 158 g/mol. The zero-order valence-corrected chi connectivity index (χ0v) is 9.31. The molecule has 78 valence electrons. The molecule has 0 spiro atoms. The number of rotatable bonds is 4. The van der Waals surface area contributed by atoms with E-state index >= 15 is 0 Å². The van der Waals surface area contributed by atoms with Gasteiger partial charge in [0.05, 0.1) is 0 Å². The molecule has 0 amide bonds. The van der Waals surface area contributed by atoms with Crippen LogP contribution in [0.25, 0.3) is 0 Å². The molecule has 0 aliphatic heterocycles. The van der Waals surface area contributed by atoms with E-state index in [1.54, 1.807) is 0 Å². The minimum absolute atomic E-state index is 0.501. The fourth-order valence-electron chi connectivity index (χ4n) is 2.58. The van der Waals surface area contributed by atoms with Crippen LogP contribution in [-0.2, 0) is 0 Å². The lowest BCUT2D eigenvalue weighted by atomic mass is 9.68. The Hall–Kier alpha value is -0.0400. The maximum absolute atomic E-state index is 5.94. The monoisotopic (exact) mass is 183 g/mol. The Labute approximate surface area is 83.1 Å². The highest BCUT2D eigenvalue weighted by Gasteiger charge is 2.31. The summed E-state index contributed by atoms with van der Waals surface area (Å²) >= 11 is 0. The van der Waals surface area contributed by atoms with Crippen molar-refractivity contribution in [1.29, 1.82) is 0 Å². The van der Waals surface area contributed by atoms with Crippen LogP contribution in [0.2, 0.25) is 0 Å². The molecule has 1 heteroatoms. The summed E-state index contributed by atoms with van der Waals surface area (Å²) < 4.78 is 0. The first-order valence-electron chi connectivity index (χ1n) is 5.98. The third-order valence-electron chi connectivity index (χ3n) is 3.90. The largest absolute Gasteiger partial charge is 0.328 e. The molecule has 0 aromatic rings. The third-order valence-corrected chi connectivity index (χ3v) is 3.90. The van der Waals surface area contributed by atoms with Crippen molar-refractivity contribution in [3.05, 3.63) is 0 Å². The molecule has 1 nitrogen and oxygen atoms in total. The smallest absolute Gasteiger partial charge is 0.00392 e. The van der Waals surface area contributed by atoms with Crippen LogP contribution in [0, 0.1) is 5.41 Å². The first-order chi connectivity index (χ1) is 6.22. The molecule has 1 saturated carbocycles. The van der Waals surface area contributed by atoms with Crippen molar-refractivity contribution >= 4 is 0 Å². The molecule has 1 aliphatic carbocycles. The predicted molar refractivity (Wildman–Crippen MR) is 58.7 cm³/mol. The second-order valence-electron chi connectivity index (χ2n) is 4.79. The normalized spacial score (nSPS) is 34.8. The van der Waals surface area contributed by atoms with Crippen LogP contribution in [0.4, 0.5) is 0 Å². The van der Waals surface area contributed by atoms with Crippen molar-refractivity contribution in [3.8, 4) is 0 Å². The molecule has 0 saturated heterocycles. The molecule has 1 fully saturated rings. The van der Waals surface area contributed by atoms with E-state index < -0.39 is 0 Å². The number of nitrogens with two attached hydrogens (primary N) is 1. The number of hydrogen-bond donors (Lipinski definition) is 1. The molecule has 1 rings (SSSR count). The third kappa shape index (κ3) is 2.98. The summed E-state index contributed by atoms with van der Waals surface area (Å²) in [6, 6.07) is 0.501.